The van der Waals surface area contributed by atoms with Crippen molar-refractivity contribution in [2.24, 2.45) is 17.8 Å². The molecule has 0 unspecified atom stereocenters. The average molecular weight is 330 g/mol. The minimum Gasteiger partial charge on any atom is -0.352 e. The van der Waals surface area contributed by atoms with Gasteiger partial charge in [-0.05, 0) is 36.0 Å². The van der Waals surface area contributed by atoms with Crippen LogP contribution in [0, 0.1) is 23.6 Å². The Morgan fingerprint density at radius 2 is 1.84 bits per heavy atom. The largest absolute Gasteiger partial charge is 0.352 e. The normalized spacial score (nSPS) is 11.4. The number of rotatable bonds is 5. The second kappa shape index (κ2) is 7.04. The maximum atomic E-state index is 13.6. The predicted octanol–water partition coefficient (Wildman–Crippen LogP) is 4.25. The van der Waals surface area contributed by atoms with E-state index in [0.29, 0.717) is 28.8 Å². The molecule has 1 rings (SSSR count). The van der Waals surface area contributed by atoms with E-state index in [2.05, 4.69) is 48.9 Å². The van der Waals surface area contributed by atoms with Crippen molar-refractivity contribution in [2.45, 2.75) is 27.7 Å². The zero-order valence-corrected chi connectivity index (χ0v) is 13.4. The number of benzene rings is 1. The van der Waals surface area contributed by atoms with E-state index in [-0.39, 0.29) is 11.5 Å². The van der Waals surface area contributed by atoms with Gasteiger partial charge in [-0.15, -0.1) is 0 Å². The molecule has 0 aliphatic carbocycles. The van der Waals surface area contributed by atoms with Crippen LogP contribution in [0.1, 0.15) is 38.1 Å². The third kappa shape index (κ3) is 4.60. The monoisotopic (exact) mass is 329 g/mol. The highest BCUT2D eigenvalue weighted by atomic mass is 79.9. The van der Waals surface area contributed by atoms with Crippen LogP contribution in [-0.2, 0) is 0 Å². The van der Waals surface area contributed by atoms with E-state index >= 15 is 0 Å². The first-order valence-electron chi connectivity index (χ1n) is 6.56. The van der Waals surface area contributed by atoms with Crippen LogP contribution in [0.3, 0.4) is 0 Å². The smallest absolute Gasteiger partial charge is 0.254 e. The molecule has 1 aromatic carbocycles. The fourth-order valence-electron chi connectivity index (χ4n) is 2.22. The number of carbonyl (C=O) groups is 1. The minimum atomic E-state index is -0.494. The Hall–Kier alpha value is -0.900. The molecule has 0 aromatic heterocycles. The van der Waals surface area contributed by atoms with Gasteiger partial charge in [-0.1, -0.05) is 43.6 Å². The van der Waals surface area contributed by atoms with Gasteiger partial charge in [-0.3, -0.25) is 4.79 Å². The van der Waals surface area contributed by atoms with Crippen LogP contribution >= 0.6 is 15.9 Å². The van der Waals surface area contributed by atoms with Crippen molar-refractivity contribution in [3.05, 3.63) is 34.1 Å². The lowest BCUT2D eigenvalue weighted by molar-refractivity contribution is 0.0933. The Balaban J connectivity index is 2.72. The number of amides is 1. The second-order valence-electron chi connectivity index (χ2n) is 5.49. The van der Waals surface area contributed by atoms with Crippen LogP contribution in [0.2, 0.25) is 0 Å². The Morgan fingerprint density at radius 1 is 1.26 bits per heavy atom. The second-order valence-corrected chi connectivity index (χ2v) is 6.40. The number of halogens is 2. The van der Waals surface area contributed by atoms with E-state index in [1.165, 1.54) is 12.1 Å². The van der Waals surface area contributed by atoms with Crippen LogP contribution in [0.4, 0.5) is 4.39 Å². The molecule has 0 fully saturated rings. The number of hydrogen-bond donors (Lipinski definition) is 1. The fraction of sp³-hybridized carbons (Fsp3) is 0.533. The number of carbonyl (C=O) groups excluding carboxylic acids is 1. The molecule has 0 heterocycles. The molecule has 0 saturated carbocycles. The molecule has 1 amide bonds. The molecule has 19 heavy (non-hydrogen) atoms. The molecule has 0 aliphatic heterocycles. The fourth-order valence-corrected chi connectivity index (χ4v) is 2.58. The zero-order valence-electron chi connectivity index (χ0n) is 11.8. The molecule has 2 nitrogen and oxygen atoms in total. The van der Waals surface area contributed by atoms with Crippen LogP contribution in [0.5, 0.6) is 0 Å². The van der Waals surface area contributed by atoms with Crippen LogP contribution in [-0.4, -0.2) is 12.5 Å². The maximum Gasteiger partial charge on any atom is 0.254 e. The van der Waals surface area contributed by atoms with Gasteiger partial charge >= 0.3 is 0 Å². The summed E-state index contributed by atoms with van der Waals surface area (Å²) in [4.78, 5) is 12.0. The molecular formula is C15H21BrFNO. The van der Waals surface area contributed by atoms with E-state index in [1.807, 2.05) is 0 Å². The van der Waals surface area contributed by atoms with E-state index in [4.69, 9.17) is 0 Å². The van der Waals surface area contributed by atoms with E-state index in [1.54, 1.807) is 6.07 Å². The van der Waals surface area contributed by atoms with Crippen molar-refractivity contribution < 1.29 is 9.18 Å². The van der Waals surface area contributed by atoms with Crippen molar-refractivity contribution in [3.63, 3.8) is 0 Å². The highest BCUT2D eigenvalue weighted by Gasteiger charge is 2.19. The molecular weight excluding hydrogens is 309 g/mol. The van der Waals surface area contributed by atoms with E-state index in [0.717, 1.165) is 0 Å². The SMILES string of the molecule is CC(C)C(CNC(=O)c1cc(Br)ccc1F)C(C)C. The molecule has 0 bridgehead atoms. The van der Waals surface area contributed by atoms with Crippen molar-refractivity contribution in [2.75, 3.05) is 6.54 Å². The van der Waals surface area contributed by atoms with Crippen molar-refractivity contribution in [1.29, 1.82) is 0 Å². The summed E-state index contributed by atoms with van der Waals surface area (Å²) in [7, 11) is 0. The van der Waals surface area contributed by atoms with Gasteiger partial charge in [-0.25, -0.2) is 4.39 Å². The quantitative estimate of drug-likeness (QED) is 0.859. The molecule has 0 saturated heterocycles. The summed E-state index contributed by atoms with van der Waals surface area (Å²) < 4.78 is 14.3. The Morgan fingerprint density at radius 3 is 2.37 bits per heavy atom. The van der Waals surface area contributed by atoms with Gasteiger partial charge in [0.15, 0.2) is 0 Å². The van der Waals surface area contributed by atoms with Gasteiger partial charge in [-0.2, -0.15) is 0 Å². The van der Waals surface area contributed by atoms with E-state index < -0.39 is 5.82 Å². The number of hydrogen-bond acceptors (Lipinski definition) is 1. The van der Waals surface area contributed by atoms with Gasteiger partial charge in [0, 0.05) is 11.0 Å². The van der Waals surface area contributed by atoms with Crippen molar-refractivity contribution >= 4 is 21.8 Å². The molecule has 0 radical (unpaired) electrons. The topological polar surface area (TPSA) is 29.1 Å². The minimum absolute atomic E-state index is 0.0839. The Kier molecular flexibility index (Phi) is 5.98. The maximum absolute atomic E-state index is 13.6. The highest BCUT2D eigenvalue weighted by Crippen LogP contribution is 2.20. The summed E-state index contributed by atoms with van der Waals surface area (Å²) in [6.45, 7) is 9.11. The number of nitrogens with one attached hydrogen (secondary N) is 1. The summed E-state index contributed by atoms with van der Waals surface area (Å²) in [5.41, 5.74) is 0.0839. The van der Waals surface area contributed by atoms with Crippen molar-refractivity contribution in [1.82, 2.24) is 5.32 Å². The molecule has 0 spiro atoms. The summed E-state index contributed by atoms with van der Waals surface area (Å²) in [5, 5.41) is 2.83. The van der Waals surface area contributed by atoms with Gasteiger partial charge in [0.1, 0.15) is 5.82 Å². The van der Waals surface area contributed by atoms with Crippen molar-refractivity contribution in [3.8, 4) is 0 Å². The molecule has 1 aromatic rings. The lowest BCUT2D eigenvalue weighted by Crippen LogP contribution is -2.34. The first kappa shape index (κ1) is 16.2. The van der Waals surface area contributed by atoms with Gasteiger partial charge in [0.2, 0.25) is 0 Å². The third-order valence-electron chi connectivity index (χ3n) is 3.38. The Labute approximate surface area is 122 Å². The zero-order chi connectivity index (χ0) is 14.6. The third-order valence-corrected chi connectivity index (χ3v) is 3.88. The molecule has 0 atom stereocenters. The molecule has 106 valence electrons. The van der Waals surface area contributed by atoms with E-state index in [9.17, 15) is 9.18 Å². The van der Waals surface area contributed by atoms with Gasteiger partial charge in [0.25, 0.3) is 5.91 Å². The summed E-state index contributed by atoms with van der Waals surface area (Å²) in [6.07, 6.45) is 0. The Bertz CT molecular complexity index is 438. The predicted molar refractivity (Wildman–Crippen MR) is 79.6 cm³/mol. The lowest BCUT2D eigenvalue weighted by Gasteiger charge is -2.25. The molecule has 4 heteroatoms. The first-order chi connectivity index (χ1) is 8.82. The lowest BCUT2D eigenvalue weighted by atomic mass is 9.85. The van der Waals surface area contributed by atoms with Crippen LogP contribution < -0.4 is 5.32 Å². The summed E-state index contributed by atoms with van der Waals surface area (Å²) in [6, 6.07) is 4.38. The van der Waals surface area contributed by atoms with Gasteiger partial charge in [0.05, 0.1) is 5.56 Å². The average Bonchev–Trinajstić information content (AvgIpc) is 2.31. The standard InChI is InChI=1S/C15H21BrFNO/c1-9(2)13(10(3)4)8-18-15(19)12-7-11(16)5-6-14(12)17/h5-7,9-10,13H,8H2,1-4H3,(H,18,19). The molecule has 1 N–H and O–H groups in total. The van der Waals surface area contributed by atoms with Gasteiger partial charge < -0.3 is 5.32 Å². The van der Waals surface area contributed by atoms with Crippen LogP contribution in [0.25, 0.3) is 0 Å². The first-order valence-corrected chi connectivity index (χ1v) is 7.35. The summed E-state index contributed by atoms with van der Waals surface area (Å²) in [5.74, 6) is 0.496. The molecule has 0 aliphatic rings. The highest BCUT2D eigenvalue weighted by molar-refractivity contribution is 9.10. The summed E-state index contributed by atoms with van der Waals surface area (Å²) >= 11 is 3.24. The van der Waals surface area contributed by atoms with Crippen LogP contribution in [0.15, 0.2) is 22.7 Å².